The van der Waals surface area contributed by atoms with Gasteiger partial charge in [-0.1, -0.05) is 0 Å². The van der Waals surface area contributed by atoms with Crippen molar-refractivity contribution in [2.75, 3.05) is 16.8 Å². The Balaban J connectivity index is 1.53. The highest BCUT2D eigenvalue weighted by atomic mass is 19.2. The molecule has 2 aromatic carbocycles. The van der Waals surface area contributed by atoms with Gasteiger partial charge in [0.25, 0.3) is 11.8 Å². The van der Waals surface area contributed by atoms with Crippen molar-refractivity contribution in [1.29, 1.82) is 0 Å². The van der Waals surface area contributed by atoms with E-state index in [1.807, 2.05) is 0 Å². The molecule has 2 amide bonds. The Hall–Kier alpha value is -3.48. The summed E-state index contributed by atoms with van der Waals surface area (Å²) in [7, 11) is 0. The van der Waals surface area contributed by atoms with Gasteiger partial charge in [0.15, 0.2) is 17.4 Å². The van der Waals surface area contributed by atoms with Crippen molar-refractivity contribution >= 4 is 23.2 Å². The van der Waals surface area contributed by atoms with Gasteiger partial charge in [-0.3, -0.25) is 9.59 Å². The number of nitrogens with zero attached hydrogens (tertiary/aromatic N) is 1. The molecule has 136 valence electrons. The standard InChI is InChI=1S/C20H14F2N2O3/c21-15-5-3-13(11-16(15)22)19(25)23-14-4-6-17-12(10-14)7-8-24(17)20(26)18-2-1-9-27-18/h1-6,9-11H,7-8H2,(H,23,25). The van der Waals surface area contributed by atoms with Crippen molar-refractivity contribution in [3.05, 3.63) is 83.3 Å². The molecule has 3 aromatic rings. The van der Waals surface area contributed by atoms with Gasteiger partial charge in [-0.2, -0.15) is 0 Å². The third kappa shape index (κ3) is 3.19. The zero-order chi connectivity index (χ0) is 19.0. The fourth-order valence-corrected chi connectivity index (χ4v) is 3.06. The van der Waals surface area contributed by atoms with Crippen LogP contribution in [0.2, 0.25) is 0 Å². The largest absolute Gasteiger partial charge is 0.459 e. The van der Waals surface area contributed by atoms with Crippen LogP contribution in [-0.2, 0) is 6.42 Å². The van der Waals surface area contributed by atoms with Crippen LogP contribution in [0, 0.1) is 11.6 Å². The van der Waals surface area contributed by atoms with Crippen molar-refractivity contribution < 1.29 is 22.8 Å². The van der Waals surface area contributed by atoms with Crippen LogP contribution in [0.1, 0.15) is 26.5 Å². The predicted molar refractivity (Wildman–Crippen MR) is 94.8 cm³/mol. The molecule has 2 heterocycles. The van der Waals surface area contributed by atoms with Crippen LogP contribution in [0.4, 0.5) is 20.2 Å². The number of anilines is 2. The first-order valence-electron chi connectivity index (χ1n) is 8.27. The van der Waals surface area contributed by atoms with Crippen LogP contribution in [0.15, 0.2) is 59.2 Å². The van der Waals surface area contributed by atoms with Gasteiger partial charge in [0.05, 0.1) is 6.26 Å². The minimum absolute atomic E-state index is 0.0176. The fraction of sp³-hybridized carbons (Fsp3) is 0.100. The lowest BCUT2D eigenvalue weighted by molar-refractivity contribution is 0.0962. The second-order valence-electron chi connectivity index (χ2n) is 6.11. The van der Waals surface area contributed by atoms with E-state index in [0.29, 0.717) is 18.7 Å². The number of carbonyl (C=O) groups excluding carboxylic acids is 2. The molecule has 0 saturated heterocycles. The summed E-state index contributed by atoms with van der Waals surface area (Å²) >= 11 is 0. The smallest absolute Gasteiger partial charge is 0.293 e. The summed E-state index contributed by atoms with van der Waals surface area (Å²) in [5, 5.41) is 2.66. The minimum Gasteiger partial charge on any atom is -0.459 e. The molecule has 0 bridgehead atoms. The van der Waals surface area contributed by atoms with Gasteiger partial charge in [0.2, 0.25) is 0 Å². The summed E-state index contributed by atoms with van der Waals surface area (Å²) in [5.41, 5.74) is 2.18. The Kier molecular flexibility index (Phi) is 4.19. The monoisotopic (exact) mass is 368 g/mol. The maximum atomic E-state index is 13.3. The van der Waals surface area contributed by atoms with Crippen molar-refractivity contribution in [3.8, 4) is 0 Å². The number of benzene rings is 2. The lowest BCUT2D eigenvalue weighted by Crippen LogP contribution is -2.28. The number of carbonyl (C=O) groups is 2. The first-order valence-corrected chi connectivity index (χ1v) is 8.27. The molecule has 7 heteroatoms. The third-order valence-electron chi connectivity index (χ3n) is 4.39. The molecule has 1 aromatic heterocycles. The zero-order valence-electron chi connectivity index (χ0n) is 14.0. The van der Waals surface area contributed by atoms with Gasteiger partial charge in [-0.15, -0.1) is 0 Å². The maximum absolute atomic E-state index is 13.3. The fourth-order valence-electron chi connectivity index (χ4n) is 3.06. The molecule has 5 nitrogen and oxygen atoms in total. The number of fused-ring (bicyclic) bond motifs is 1. The lowest BCUT2D eigenvalue weighted by atomic mass is 10.1. The average molecular weight is 368 g/mol. The Bertz CT molecular complexity index is 1030. The van der Waals surface area contributed by atoms with Gasteiger partial charge >= 0.3 is 0 Å². The average Bonchev–Trinajstić information content (AvgIpc) is 3.33. The number of rotatable bonds is 3. The highest BCUT2D eigenvalue weighted by molar-refractivity contribution is 6.06. The second-order valence-corrected chi connectivity index (χ2v) is 6.11. The third-order valence-corrected chi connectivity index (χ3v) is 4.39. The van der Waals surface area contributed by atoms with Gasteiger partial charge in [0.1, 0.15) is 0 Å². The van der Waals surface area contributed by atoms with E-state index in [0.717, 1.165) is 23.4 Å². The normalized spacial score (nSPS) is 12.7. The van der Waals surface area contributed by atoms with Gasteiger partial charge in [-0.05, 0) is 60.5 Å². The number of amides is 2. The molecule has 27 heavy (non-hydrogen) atoms. The molecular weight excluding hydrogens is 354 g/mol. The molecule has 1 aliphatic heterocycles. The summed E-state index contributed by atoms with van der Waals surface area (Å²) in [6.07, 6.45) is 2.08. The molecule has 1 aliphatic rings. The van der Waals surface area contributed by atoms with Gasteiger partial charge in [-0.25, -0.2) is 8.78 Å². The number of furan rings is 1. The first kappa shape index (κ1) is 17.0. The van der Waals surface area contributed by atoms with Gasteiger partial charge in [0, 0.05) is 23.5 Å². The van der Waals surface area contributed by atoms with E-state index in [2.05, 4.69) is 5.32 Å². The van der Waals surface area contributed by atoms with Crippen LogP contribution in [-0.4, -0.2) is 18.4 Å². The first-order chi connectivity index (χ1) is 13.0. The van der Waals surface area contributed by atoms with E-state index in [-0.39, 0.29) is 17.2 Å². The summed E-state index contributed by atoms with van der Waals surface area (Å²) in [6.45, 7) is 0.509. The number of halogens is 2. The Labute approximate surface area is 153 Å². The Morgan fingerprint density at radius 3 is 2.63 bits per heavy atom. The number of hydrogen-bond donors (Lipinski definition) is 1. The molecule has 0 fully saturated rings. The Morgan fingerprint density at radius 1 is 1.04 bits per heavy atom. The van der Waals surface area contributed by atoms with Crippen molar-refractivity contribution in [3.63, 3.8) is 0 Å². The molecule has 0 unspecified atom stereocenters. The predicted octanol–water partition coefficient (Wildman–Crippen LogP) is 4.01. The van der Waals surface area contributed by atoms with E-state index >= 15 is 0 Å². The molecule has 0 radical (unpaired) electrons. The highest BCUT2D eigenvalue weighted by Gasteiger charge is 2.27. The van der Waals surface area contributed by atoms with E-state index < -0.39 is 17.5 Å². The van der Waals surface area contributed by atoms with Crippen LogP contribution < -0.4 is 10.2 Å². The van der Waals surface area contributed by atoms with E-state index in [1.54, 1.807) is 35.2 Å². The molecule has 0 aliphatic carbocycles. The van der Waals surface area contributed by atoms with Crippen LogP contribution in [0.5, 0.6) is 0 Å². The maximum Gasteiger partial charge on any atom is 0.293 e. The molecule has 1 N–H and O–H groups in total. The van der Waals surface area contributed by atoms with Crippen molar-refractivity contribution in [2.45, 2.75) is 6.42 Å². The summed E-state index contributed by atoms with van der Waals surface area (Å²) in [6, 6.07) is 11.4. The highest BCUT2D eigenvalue weighted by Crippen LogP contribution is 2.32. The summed E-state index contributed by atoms with van der Waals surface area (Å²) < 4.78 is 31.5. The van der Waals surface area contributed by atoms with Crippen molar-refractivity contribution in [1.82, 2.24) is 0 Å². The van der Waals surface area contributed by atoms with Crippen LogP contribution in [0.3, 0.4) is 0 Å². The van der Waals surface area contributed by atoms with Crippen molar-refractivity contribution in [2.24, 2.45) is 0 Å². The number of nitrogens with one attached hydrogen (secondary N) is 1. The molecule has 0 spiro atoms. The molecular formula is C20H14F2N2O3. The quantitative estimate of drug-likeness (QED) is 0.760. The second kappa shape index (κ2) is 6.68. The SMILES string of the molecule is O=C(Nc1ccc2c(c1)CCN2C(=O)c1ccco1)c1ccc(F)c(F)c1. The van der Waals surface area contributed by atoms with E-state index in [1.165, 1.54) is 12.3 Å². The van der Waals surface area contributed by atoms with E-state index in [4.69, 9.17) is 4.42 Å². The van der Waals surface area contributed by atoms with Gasteiger partial charge < -0.3 is 14.6 Å². The number of hydrogen-bond acceptors (Lipinski definition) is 3. The van der Waals surface area contributed by atoms with Crippen LogP contribution in [0.25, 0.3) is 0 Å². The van der Waals surface area contributed by atoms with Crippen LogP contribution >= 0.6 is 0 Å². The van der Waals surface area contributed by atoms with E-state index in [9.17, 15) is 18.4 Å². The summed E-state index contributed by atoms with van der Waals surface area (Å²) in [4.78, 5) is 26.3. The molecule has 0 saturated carbocycles. The molecule has 4 rings (SSSR count). The molecule has 0 atom stereocenters. The topological polar surface area (TPSA) is 62.6 Å². The zero-order valence-corrected chi connectivity index (χ0v) is 14.0. The lowest BCUT2D eigenvalue weighted by Gasteiger charge is -2.16. The minimum atomic E-state index is -1.08. The Morgan fingerprint density at radius 2 is 1.89 bits per heavy atom. The summed E-state index contributed by atoms with van der Waals surface area (Å²) in [5.74, 6) is -2.60.